The molecule has 1 aromatic rings. The van der Waals surface area contributed by atoms with Crippen LogP contribution in [0.4, 0.5) is 0 Å². The highest BCUT2D eigenvalue weighted by Gasteiger charge is 2.27. The fraction of sp³-hybridized carbons (Fsp3) is 0.357. The lowest BCUT2D eigenvalue weighted by molar-refractivity contribution is -0.133. The van der Waals surface area contributed by atoms with Gasteiger partial charge in [0.25, 0.3) is 5.91 Å². The number of carbonyl (C=O) groups excluding carboxylic acids is 2. The predicted molar refractivity (Wildman–Crippen MR) is 72.8 cm³/mol. The van der Waals surface area contributed by atoms with Crippen LogP contribution in [0.1, 0.15) is 31.1 Å². The Morgan fingerprint density at radius 3 is 2.21 bits per heavy atom. The zero-order chi connectivity index (χ0) is 14.5. The van der Waals surface area contributed by atoms with E-state index in [4.69, 9.17) is 0 Å². The summed E-state index contributed by atoms with van der Waals surface area (Å²) in [5.74, 6) is -0.924. The van der Waals surface area contributed by atoms with E-state index in [9.17, 15) is 9.59 Å². The highest BCUT2D eigenvalue weighted by atomic mass is 16.5. The van der Waals surface area contributed by atoms with Gasteiger partial charge in [0, 0.05) is 11.0 Å². The van der Waals surface area contributed by atoms with Crippen LogP contribution in [0.25, 0.3) is 0 Å². The Kier molecular flexibility index (Phi) is 4.80. The first-order valence-corrected chi connectivity index (χ1v) is 5.88. The van der Waals surface area contributed by atoms with Gasteiger partial charge in [-0.05, 0) is 12.1 Å². The molecule has 0 aliphatic carbocycles. The van der Waals surface area contributed by atoms with Crippen molar-refractivity contribution < 1.29 is 14.3 Å². The molecule has 1 amide bonds. The molecule has 0 aliphatic heterocycles. The highest BCUT2D eigenvalue weighted by molar-refractivity contribution is 6.38. The predicted octanol–water partition coefficient (Wildman–Crippen LogP) is 1.99. The fourth-order valence-corrected chi connectivity index (χ4v) is 1.38. The van der Waals surface area contributed by atoms with Crippen LogP contribution >= 0.6 is 0 Å². The quantitative estimate of drug-likeness (QED) is 0.514. The molecule has 0 aliphatic rings. The molecule has 0 radical (unpaired) electrons. The minimum atomic E-state index is -0.555. The molecule has 0 spiro atoms. The maximum Gasteiger partial charge on any atom is 0.354 e. The van der Waals surface area contributed by atoms with Crippen LogP contribution in [0.2, 0.25) is 0 Å². The van der Waals surface area contributed by atoms with E-state index in [1.54, 1.807) is 24.3 Å². The van der Waals surface area contributed by atoms with E-state index in [1.807, 2.05) is 26.8 Å². The molecular formula is C14H18N2O3. The molecule has 0 atom stereocenters. The number of nitrogens with zero attached hydrogens (tertiary/aromatic N) is 1. The number of hydrogen-bond donors (Lipinski definition) is 1. The van der Waals surface area contributed by atoms with Crippen LogP contribution in [0.5, 0.6) is 0 Å². The molecule has 1 rings (SSSR count). The van der Waals surface area contributed by atoms with Crippen molar-refractivity contribution in [2.45, 2.75) is 20.8 Å². The largest absolute Gasteiger partial charge is 0.464 e. The number of nitrogens with one attached hydrogen (secondary N) is 1. The molecule has 1 aromatic carbocycles. The van der Waals surface area contributed by atoms with Gasteiger partial charge in [-0.15, -0.1) is 0 Å². The van der Waals surface area contributed by atoms with E-state index in [0.717, 1.165) is 0 Å². The highest BCUT2D eigenvalue weighted by Crippen LogP contribution is 2.16. The summed E-state index contributed by atoms with van der Waals surface area (Å²) in [6, 6.07) is 8.65. The second kappa shape index (κ2) is 6.13. The van der Waals surface area contributed by atoms with E-state index in [0.29, 0.717) is 5.56 Å². The average Bonchev–Trinajstić information content (AvgIpc) is 2.37. The summed E-state index contributed by atoms with van der Waals surface area (Å²) in [7, 11) is 1.28. The lowest BCUT2D eigenvalue weighted by Crippen LogP contribution is -2.33. The van der Waals surface area contributed by atoms with Gasteiger partial charge in [-0.1, -0.05) is 39.0 Å². The fourth-order valence-electron chi connectivity index (χ4n) is 1.38. The van der Waals surface area contributed by atoms with Crippen molar-refractivity contribution in [1.82, 2.24) is 5.43 Å². The minimum absolute atomic E-state index is 0.166. The lowest BCUT2D eigenvalue weighted by atomic mass is 9.90. The van der Waals surface area contributed by atoms with Gasteiger partial charge in [-0.2, -0.15) is 5.10 Å². The summed E-state index contributed by atoms with van der Waals surface area (Å²) in [4.78, 5) is 23.4. The number of methoxy groups -OCH3 is 1. The van der Waals surface area contributed by atoms with Crippen molar-refractivity contribution in [1.29, 1.82) is 0 Å². The monoisotopic (exact) mass is 262 g/mol. The van der Waals surface area contributed by atoms with Gasteiger partial charge < -0.3 is 4.74 Å². The van der Waals surface area contributed by atoms with Crippen LogP contribution in [-0.4, -0.2) is 24.7 Å². The van der Waals surface area contributed by atoms with E-state index in [2.05, 4.69) is 15.3 Å². The van der Waals surface area contributed by atoms with Crippen LogP contribution in [0, 0.1) is 5.41 Å². The number of esters is 1. The van der Waals surface area contributed by atoms with Crippen molar-refractivity contribution in [3.63, 3.8) is 0 Å². The zero-order valence-corrected chi connectivity index (χ0v) is 11.6. The SMILES string of the molecule is COC(=O)C(=NNC(=O)c1ccccc1)C(C)(C)C. The molecule has 102 valence electrons. The third-order valence-corrected chi connectivity index (χ3v) is 2.39. The first-order valence-electron chi connectivity index (χ1n) is 5.88. The lowest BCUT2D eigenvalue weighted by Gasteiger charge is -2.18. The first-order chi connectivity index (χ1) is 8.86. The van der Waals surface area contributed by atoms with Gasteiger partial charge in [0.05, 0.1) is 7.11 Å². The smallest absolute Gasteiger partial charge is 0.354 e. The Labute approximate surface area is 112 Å². The van der Waals surface area contributed by atoms with Gasteiger partial charge >= 0.3 is 5.97 Å². The maximum atomic E-state index is 11.8. The van der Waals surface area contributed by atoms with Crippen molar-refractivity contribution in [2.24, 2.45) is 10.5 Å². The Morgan fingerprint density at radius 1 is 1.16 bits per heavy atom. The standard InChI is InChI=1S/C14H18N2O3/c1-14(2,3)11(13(18)19-4)15-16-12(17)10-8-6-5-7-9-10/h5-9H,1-4H3,(H,16,17). The van der Waals surface area contributed by atoms with Gasteiger partial charge in [0.15, 0.2) is 5.71 Å². The Bertz CT molecular complexity index is 487. The summed E-state index contributed by atoms with van der Waals surface area (Å²) >= 11 is 0. The summed E-state index contributed by atoms with van der Waals surface area (Å²) in [6.45, 7) is 5.45. The summed E-state index contributed by atoms with van der Waals surface area (Å²) in [5.41, 5.74) is 2.49. The molecule has 0 heterocycles. The second-order valence-electron chi connectivity index (χ2n) is 5.01. The van der Waals surface area contributed by atoms with Crippen LogP contribution < -0.4 is 5.43 Å². The zero-order valence-electron chi connectivity index (χ0n) is 11.6. The number of amides is 1. The number of rotatable bonds is 3. The van der Waals surface area contributed by atoms with Gasteiger partial charge in [0.1, 0.15) is 0 Å². The number of carbonyl (C=O) groups is 2. The number of hydrazone groups is 1. The van der Waals surface area contributed by atoms with Gasteiger partial charge in [0.2, 0.25) is 0 Å². The normalized spacial score (nSPS) is 11.9. The number of hydrogen-bond acceptors (Lipinski definition) is 4. The molecular weight excluding hydrogens is 244 g/mol. The van der Waals surface area contributed by atoms with E-state index < -0.39 is 11.4 Å². The summed E-state index contributed by atoms with van der Waals surface area (Å²) in [6.07, 6.45) is 0. The van der Waals surface area contributed by atoms with Gasteiger partial charge in [-0.3, -0.25) is 4.79 Å². The maximum absolute atomic E-state index is 11.8. The van der Waals surface area contributed by atoms with Crippen LogP contribution in [-0.2, 0) is 9.53 Å². The molecule has 5 heteroatoms. The number of benzene rings is 1. The average molecular weight is 262 g/mol. The Morgan fingerprint density at radius 2 is 1.74 bits per heavy atom. The summed E-state index contributed by atoms with van der Waals surface area (Å²) in [5, 5.41) is 3.88. The molecule has 0 saturated heterocycles. The van der Waals surface area contributed by atoms with Crippen molar-refractivity contribution in [3.05, 3.63) is 35.9 Å². The second-order valence-corrected chi connectivity index (χ2v) is 5.01. The number of ether oxygens (including phenoxy) is 1. The van der Waals surface area contributed by atoms with Crippen molar-refractivity contribution >= 4 is 17.6 Å². The Hall–Kier alpha value is -2.17. The molecule has 5 nitrogen and oxygen atoms in total. The molecule has 0 aromatic heterocycles. The molecule has 0 bridgehead atoms. The Balaban J connectivity index is 2.88. The van der Waals surface area contributed by atoms with E-state index in [1.165, 1.54) is 7.11 Å². The first kappa shape index (κ1) is 14.9. The van der Waals surface area contributed by atoms with E-state index in [-0.39, 0.29) is 11.6 Å². The topological polar surface area (TPSA) is 67.8 Å². The van der Waals surface area contributed by atoms with Crippen molar-refractivity contribution in [2.75, 3.05) is 7.11 Å². The van der Waals surface area contributed by atoms with E-state index >= 15 is 0 Å². The van der Waals surface area contributed by atoms with Gasteiger partial charge in [-0.25, -0.2) is 10.2 Å². The van der Waals surface area contributed by atoms with Crippen LogP contribution in [0.3, 0.4) is 0 Å². The molecule has 1 N–H and O–H groups in total. The molecule has 0 saturated carbocycles. The third-order valence-electron chi connectivity index (χ3n) is 2.39. The van der Waals surface area contributed by atoms with Crippen molar-refractivity contribution in [3.8, 4) is 0 Å². The molecule has 19 heavy (non-hydrogen) atoms. The minimum Gasteiger partial charge on any atom is -0.464 e. The summed E-state index contributed by atoms with van der Waals surface area (Å²) < 4.78 is 4.66. The van der Waals surface area contributed by atoms with Crippen LogP contribution in [0.15, 0.2) is 35.4 Å². The molecule has 0 unspecified atom stereocenters. The molecule has 0 fully saturated rings. The third kappa shape index (κ3) is 4.21.